The van der Waals surface area contributed by atoms with Gasteiger partial charge in [-0.05, 0) is 58.5 Å². The van der Waals surface area contributed by atoms with Gasteiger partial charge in [-0.1, -0.05) is 18.2 Å². The Morgan fingerprint density at radius 2 is 1.89 bits per heavy atom. The summed E-state index contributed by atoms with van der Waals surface area (Å²) in [5.74, 6) is 1.16. The zero-order valence-corrected chi connectivity index (χ0v) is 12.0. The van der Waals surface area contributed by atoms with Crippen LogP contribution in [0.3, 0.4) is 0 Å². The van der Waals surface area contributed by atoms with E-state index in [-0.39, 0.29) is 5.28 Å². The molecule has 90 valence electrons. The number of rotatable bonds is 2. The maximum absolute atomic E-state index is 5.89. The van der Waals surface area contributed by atoms with E-state index in [1.54, 1.807) is 4.52 Å². The van der Waals surface area contributed by atoms with Crippen molar-refractivity contribution in [2.45, 2.75) is 0 Å². The van der Waals surface area contributed by atoms with Gasteiger partial charge in [-0.15, -0.1) is 5.10 Å². The molecule has 0 atom stereocenters. The molecule has 18 heavy (non-hydrogen) atoms. The highest BCUT2D eigenvalue weighted by Crippen LogP contribution is 2.26. The van der Waals surface area contributed by atoms with E-state index in [1.165, 1.54) is 0 Å². The van der Waals surface area contributed by atoms with Gasteiger partial charge in [-0.25, -0.2) is 4.52 Å². The predicted octanol–water partition coefficient (Wildman–Crippen LogP) is 3.78. The number of benzene rings is 1. The number of para-hydroxylation sites is 1. The Hall–Kier alpha value is -1.34. The molecule has 2 heterocycles. The van der Waals surface area contributed by atoms with E-state index in [0.29, 0.717) is 11.6 Å². The fourth-order valence-electron chi connectivity index (χ4n) is 1.59. The summed E-state index contributed by atoms with van der Waals surface area (Å²) in [5.41, 5.74) is 0.785. The Morgan fingerprint density at radius 3 is 2.67 bits per heavy atom. The van der Waals surface area contributed by atoms with Crippen molar-refractivity contribution in [1.29, 1.82) is 0 Å². The van der Waals surface area contributed by atoms with E-state index in [0.717, 1.165) is 9.22 Å². The molecule has 1 aromatic carbocycles. The molecular weight excluding hydrogens is 365 g/mol. The minimum atomic E-state index is 0.155. The molecule has 0 bridgehead atoms. The molecule has 0 aliphatic heterocycles. The molecule has 0 N–H and O–H groups in total. The second-order valence-electron chi connectivity index (χ2n) is 3.55. The summed E-state index contributed by atoms with van der Waals surface area (Å²) < 4.78 is 8.38. The van der Waals surface area contributed by atoms with Crippen LogP contribution >= 0.6 is 34.2 Å². The largest absolute Gasteiger partial charge is 0.437 e. The molecule has 6 heteroatoms. The summed E-state index contributed by atoms with van der Waals surface area (Å²) in [4.78, 5) is 4.12. The average molecular weight is 372 g/mol. The van der Waals surface area contributed by atoms with Crippen LogP contribution in [0.4, 0.5) is 0 Å². The molecule has 2 aromatic heterocycles. The Balaban J connectivity index is 2.11. The lowest BCUT2D eigenvalue weighted by Gasteiger charge is -2.06. The van der Waals surface area contributed by atoms with E-state index in [9.17, 15) is 0 Å². The standard InChI is InChI=1S/C12H7ClIN3O/c13-12-15-11(18-8-4-2-1-3-5-8)9-6-7-10(14)17(9)16-12/h1-7H. The Morgan fingerprint density at radius 1 is 1.11 bits per heavy atom. The van der Waals surface area contributed by atoms with E-state index in [4.69, 9.17) is 16.3 Å². The molecule has 0 radical (unpaired) electrons. The van der Waals surface area contributed by atoms with Crippen molar-refractivity contribution in [3.05, 3.63) is 51.4 Å². The predicted molar refractivity (Wildman–Crippen MR) is 77.2 cm³/mol. The van der Waals surface area contributed by atoms with Crippen molar-refractivity contribution in [2.75, 3.05) is 0 Å². The van der Waals surface area contributed by atoms with Gasteiger partial charge in [-0.3, -0.25) is 0 Å². The van der Waals surface area contributed by atoms with Crippen LogP contribution in [0.15, 0.2) is 42.5 Å². The Bertz CT molecular complexity index is 699. The van der Waals surface area contributed by atoms with Gasteiger partial charge in [-0.2, -0.15) is 4.98 Å². The number of halogens is 2. The highest BCUT2D eigenvalue weighted by molar-refractivity contribution is 14.1. The lowest BCUT2D eigenvalue weighted by molar-refractivity contribution is 0.463. The third-order valence-electron chi connectivity index (χ3n) is 2.36. The normalized spacial score (nSPS) is 10.8. The molecule has 3 rings (SSSR count). The van der Waals surface area contributed by atoms with Crippen LogP contribution in [0.5, 0.6) is 11.6 Å². The van der Waals surface area contributed by atoms with Gasteiger partial charge in [0.2, 0.25) is 11.2 Å². The molecule has 0 amide bonds. The third kappa shape index (κ3) is 2.15. The van der Waals surface area contributed by atoms with Gasteiger partial charge in [0.25, 0.3) is 0 Å². The van der Waals surface area contributed by atoms with Crippen LogP contribution < -0.4 is 4.74 Å². The van der Waals surface area contributed by atoms with Gasteiger partial charge in [0.05, 0.1) is 0 Å². The minimum Gasteiger partial charge on any atom is -0.437 e. The third-order valence-corrected chi connectivity index (χ3v) is 3.34. The van der Waals surface area contributed by atoms with Gasteiger partial charge in [0, 0.05) is 0 Å². The number of fused-ring (bicyclic) bond motifs is 1. The topological polar surface area (TPSA) is 39.4 Å². The van der Waals surface area contributed by atoms with Gasteiger partial charge >= 0.3 is 0 Å². The number of nitrogens with zero attached hydrogens (tertiary/aromatic N) is 3. The SMILES string of the molecule is Clc1nc(Oc2ccccc2)c2ccc(I)n2n1. The summed E-state index contributed by atoms with van der Waals surface area (Å²) in [7, 11) is 0. The lowest BCUT2D eigenvalue weighted by Crippen LogP contribution is -1.99. The Kier molecular flexibility index (Phi) is 3.09. The van der Waals surface area contributed by atoms with E-state index < -0.39 is 0 Å². The zero-order valence-electron chi connectivity index (χ0n) is 9.05. The fourth-order valence-corrected chi connectivity index (χ4v) is 2.29. The summed E-state index contributed by atoms with van der Waals surface area (Å²) in [6.07, 6.45) is 0. The molecule has 0 saturated carbocycles. The summed E-state index contributed by atoms with van der Waals surface area (Å²) in [6, 6.07) is 13.3. The quantitative estimate of drug-likeness (QED) is 0.644. The van der Waals surface area contributed by atoms with Crippen molar-refractivity contribution < 1.29 is 4.74 Å². The van der Waals surface area contributed by atoms with Crippen LogP contribution in [0.25, 0.3) is 5.52 Å². The summed E-state index contributed by atoms with van der Waals surface area (Å²) >= 11 is 8.07. The summed E-state index contributed by atoms with van der Waals surface area (Å²) in [6.45, 7) is 0. The second kappa shape index (κ2) is 4.74. The highest BCUT2D eigenvalue weighted by atomic mass is 127. The number of ether oxygens (including phenoxy) is 1. The van der Waals surface area contributed by atoms with Crippen LogP contribution in [0.2, 0.25) is 5.28 Å². The van der Waals surface area contributed by atoms with E-state index in [2.05, 4.69) is 32.7 Å². The van der Waals surface area contributed by atoms with Gasteiger partial charge in [0.1, 0.15) is 15.0 Å². The molecule has 3 aromatic rings. The first-order valence-corrected chi connectivity index (χ1v) is 6.63. The molecule has 0 aliphatic carbocycles. The monoisotopic (exact) mass is 371 g/mol. The van der Waals surface area contributed by atoms with Gasteiger partial charge in [0.15, 0.2) is 0 Å². The Labute approximate surface area is 122 Å². The van der Waals surface area contributed by atoms with E-state index >= 15 is 0 Å². The maximum atomic E-state index is 5.89. The molecule has 0 saturated heterocycles. The zero-order chi connectivity index (χ0) is 12.5. The maximum Gasteiger partial charge on any atom is 0.248 e. The highest BCUT2D eigenvalue weighted by Gasteiger charge is 2.11. The number of hydrogen-bond acceptors (Lipinski definition) is 3. The first kappa shape index (κ1) is 11.7. The van der Waals surface area contributed by atoms with Crippen LogP contribution in [0.1, 0.15) is 0 Å². The van der Waals surface area contributed by atoms with Crippen molar-refractivity contribution in [1.82, 2.24) is 14.6 Å². The fraction of sp³-hybridized carbons (Fsp3) is 0. The summed E-state index contributed by atoms with van der Waals surface area (Å²) in [5, 5.41) is 4.28. The van der Waals surface area contributed by atoms with Crippen LogP contribution in [-0.2, 0) is 0 Å². The molecule has 0 aliphatic rings. The van der Waals surface area contributed by atoms with Crippen molar-refractivity contribution >= 4 is 39.7 Å². The first-order chi connectivity index (χ1) is 8.74. The molecule has 0 fully saturated rings. The number of hydrogen-bond donors (Lipinski definition) is 0. The van der Waals surface area contributed by atoms with Crippen LogP contribution in [0, 0.1) is 3.70 Å². The first-order valence-electron chi connectivity index (χ1n) is 5.18. The molecule has 4 nitrogen and oxygen atoms in total. The van der Waals surface area contributed by atoms with Crippen LogP contribution in [-0.4, -0.2) is 14.6 Å². The number of aromatic nitrogens is 3. The smallest absolute Gasteiger partial charge is 0.248 e. The van der Waals surface area contributed by atoms with E-state index in [1.807, 2.05) is 42.5 Å². The van der Waals surface area contributed by atoms with Crippen molar-refractivity contribution in [3.8, 4) is 11.6 Å². The minimum absolute atomic E-state index is 0.155. The van der Waals surface area contributed by atoms with Crippen molar-refractivity contribution in [2.24, 2.45) is 0 Å². The van der Waals surface area contributed by atoms with Gasteiger partial charge < -0.3 is 4.74 Å². The second-order valence-corrected chi connectivity index (χ2v) is 5.00. The van der Waals surface area contributed by atoms with Crippen molar-refractivity contribution in [3.63, 3.8) is 0 Å². The molecule has 0 unspecified atom stereocenters. The average Bonchev–Trinajstić information content (AvgIpc) is 2.73. The molecular formula is C12H7ClIN3O. The lowest BCUT2D eigenvalue weighted by atomic mass is 10.3. The molecule has 0 spiro atoms.